The summed E-state index contributed by atoms with van der Waals surface area (Å²) in [6, 6.07) is 5.20. The van der Waals surface area contributed by atoms with Crippen LogP contribution in [-0.2, 0) is 12.1 Å². The van der Waals surface area contributed by atoms with Gasteiger partial charge in [0.15, 0.2) is 0 Å². The van der Waals surface area contributed by atoms with Gasteiger partial charge in [-0.05, 0) is 32.9 Å². The Kier molecular flexibility index (Phi) is 5.50. The Balaban J connectivity index is 1.92. The molecule has 0 aliphatic heterocycles. The molecule has 0 amide bonds. The van der Waals surface area contributed by atoms with Crippen molar-refractivity contribution in [1.82, 2.24) is 15.1 Å². The number of rotatable bonds is 5. The predicted octanol–water partition coefficient (Wildman–Crippen LogP) is 3.77. The van der Waals surface area contributed by atoms with Gasteiger partial charge >= 0.3 is 0 Å². The van der Waals surface area contributed by atoms with Crippen LogP contribution in [0.4, 0.5) is 0 Å². The fourth-order valence-electron chi connectivity index (χ4n) is 2.10. The van der Waals surface area contributed by atoms with E-state index in [2.05, 4.69) is 31.2 Å². The molecule has 0 aliphatic carbocycles. The van der Waals surface area contributed by atoms with E-state index in [0.717, 1.165) is 5.56 Å². The van der Waals surface area contributed by atoms with Crippen LogP contribution in [0, 0.1) is 0 Å². The molecule has 2 N–H and O–H groups in total. The van der Waals surface area contributed by atoms with Crippen LogP contribution >= 0.6 is 23.2 Å². The average molecular weight is 342 g/mol. The second-order valence-corrected chi connectivity index (χ2v) is 7.06. The van der Waals surface area contributed by atoms with Gasteiger partial charge in [-0.1, -0.05) is 29.3 Å². The minimum atomic E-state index is -0.751. The van der Waals surface area contributed by atoms with Crippen molar-refractivity contribution < 1.29 is 5.11 Å². The summed E-state index contributed by atoms with van der Waals surface area (Å²) in [7, 11) is 0. The highest BCUT2D eigenvalue weighted by Crippen LogP contribution is 2.29. The third-order valence-corrected chi connectivity index (χ3v) is 3.98. The van der Waals surface area contributed by atoms with Gasteiger partial charge < -0.3 is 10.4 Å². The summed E-state index contributed by atoms with van der Waals surface area (Å²) in [5, 5.41) is 18.7. The second kappa shape index (κ2) is 7.01. The van der Waals surface area contributed by atoms with Crippen molar-refractivity contribution in [3.8, 4) is 0 Å². The maximum Gasteiger partial charge on any atom is 0.0943 e. The molecule has 0 saturated heterocycles. The summed E-state index contributed by atoms with van der Waals surface area (Å²) >= 11 is 12.2. The summed E-state index contributed by atoms with van der Waals surface area (Å²) in [4.78, 5) is 0. The van der Waals surface area contributed by atoms with Crippen molar-refractivity contribution in [2.75, 3.05) is 6.54 Å². The lowest BCUT2D eigenvalue weighted by atomic mass is 10.1. The molecule has 4 nitrogen and oxygen atoms in total. The first-order valence-electron chi connectivity index (χ1n) is 7.16. The minimum Gasteiger partial charge on any atom is -0.387 e. The number of halogens is 2. The van der Waals surface area contributed by atoms with Gasteiger partial charge in [0, 0.05) is 40.5 Å². The van der Waals surface area contributed by atoms with E-state index in [9.17, 15) is 5.11 Å². The molecule has 1 atom stereocenters. The topological polar surface area (TPSA) is 50.1 Å². The molecule has 1 heterocycles. The van der Waals surface area contributed by atoms with Crippen LogP contribution in [0.5, 0.6) is 0 Å². The van der Waals surface area contributed by atoms with Crippen LogP contribution in [0.3, 0.4) is 0 Å². The lowest BCUT2D eigenvalue weighted by Gasteiger charge is -2.18. The van der Waals surface area contributed by atoms with Crippen molar-refractivity contribution in [2.24, 2.45) is 0 Å². The van der Waals surface area contributed by atoms with Crippen LogP contribution in [0.2, 0.25) is 10.0 Å². The standard InChI is InChI=1S/C16H21Cl2N3O/c1-16(2,3)21-10-11(8-20-21)7-19-9-14(22)15-12(17)5-4-6-13(15)18/h4-6,8,10,14,19,22H,7,9H2,1-3H3. The monoisotopic (exact) mass is 341 g/mol. The molecule has 0 spiro atoms. The van der Waals surface area contributed by atoms with Gasteiger partial charge in [0.1, 0.15) is 0 Å². The summed E-state index contributed by atoms with van der Waals surface area (Å²) < 4.78 is 1.92. The zero-order chi connectivity index (χ0) is 16.3. The smallest absolute Gasteiger partial charge is 0.0943 e. The highest BCUT2D eigenvalue weighted by molar-refractivity contribution is 6.36. The predicted molar refractivity (Wildman–Crippen MR) is 90.4 cm³/mol. The number of aliphatic hydroxyl groups is 1. The van der Waals surface area contributed by atoms with Crippen molar-refractivity contribution in [3.63, 3.8) is 0 Å². The molecule has 22 heavy (non-hydrogen) atoms. The van der Waals surface area contributed by atoms with Crippen LogP contribution in [0.25, 0.3) is 0 Å². The SMILES string of the molecule is CC(C)(C)n1cc(CNCC(O)c2c(Cl)cccc2Cl)cn1. The molecule has 2 rings (SSSR count). The van der Waals surface area contributed by atoms with E-state index < -0.39 is 6.10 Å². The first kappa shape index (κ1) is 17.3. The number of hydrogen-bond donors (Lipinski definition) is 2. The normalized spacial score (nSPS) is 13.4. The number of nitrogens with one attached hydrogen (secondary N) is 1. The number of aliphatic hydroxyl groups excluding tert-OH is 1. The quantitative estimate of drug-likeness (QED) is 0.870. The molecule has 2 aromatic rings. The van der Waals surface area contributed by atoms with E-state index >= 15 is 0 Å². The van der Waals surface area contributed by atoms with Gasteiger partial charge in [-0.15, -0.1) is 0 Å². The van der Waals surface area contributed by atoms with E-state index in [1.807, 2.05) is 17.1 Å². The summed E-state index contributed by atoms with van der Waals surface area (Å²) in [6.45, 7) is 7.28. The first-order chi connectivity index (χ1) is 10.3. The Labute approximate surface area is 141 Å². The Morgan fingerprint density at radius 2 is 1.91 bits per heavy atom. The largest absolute Gasteiger partial charge is 0.387 e. The van der Waals surface area contributed by atoms with Crippen LogP contribution < -0.4 is 5.32 Å². The zero-order valence-electron chi connectivity index (χ0n) is 13.0. The van der Waals surface area contributed by atoms with Gasteiger partial charge in [-0.3, -0.25) is 4.68 Å². The fraction of sp³-hybridized carbons (Fsp3) is 0.438. The van der Waals surface area contributed by atoms with Crippen molar-refractivity contribution in [1.29, 1.82) is 0 Å². The summed E-state index contributed by atoms with van der Waals surface area (Å²) in [5.74, 6) is 0. The fourth-order valence-corrected chi connectivity index (χ4v) is 2.75. The minimum absolute atomic E-state index is 0.0388. The van der Waals surface area contributed by atoms with Gasteiger partial charge in [0.2, 0.25) is 0 Å². The van der Waals surface area contributed by atoms with E-state index in [-0.39, 0.29) is 5.54 Å². The van der Waals surface area contributed by atoms with Crippen molar-refractivity contribution >= 4 is 23.2 Å². The highest BCUT2D eigenvalue weighted by Gasteiger charge is 2.16. The number of hydrogen-bond acceptors (Lipinski definition) is 3. The lowest BCUT2D eigenvalue weighted by molar-refractivity contribution is 0.174. The maximum absolute atomic E-state index is 10.2. The first-order valence-corrected chi connectivity index (χ1v) is 7.91. The van der Waals surface area contributed by atoms with Crippen LogP contribution in [0.15, 0.2) is 30.6 Å². The van der Waals surface area contributed by atoms with E-state index in [4.69, 9.17) is 23.2 Å². The van der Waals surface area contributed by atoms with Crippen molar-refractivity contribution in [3.05, 3.63) is 51.8 Å². The average Bonchev–Trinajstić information content (AvgIpc) is 2.87. The molecular weight excluding hydrogens is 321 g/mol. The third kappa shape index (κ3) is 4.23. The van der Waals surface area contributed by atoms with Gasteiger partial charge in [0.05, 0.1) is 17.8 Å². The molecule has 120 valence electrons. The number of benzene rings is 1. The molecule has 1 aromatic heterocycles. The molecule has 0 aliphatic rings. The van der Waals surface area contributed by atoms with Crippen LogP contribution in [0.1, 0.15) is 38.0 Å². The second-order valence-electron chi connectivity index (χ2n) is 6.25. The molecule has 0 radical (unpaired) electrons. The maximum atomic E-state index is 10.2. The van der Waals surface area contributed by atoms with Crippen molar-refractivity contribution in [2.45, 2.75) is 39.0 Å². The molecule has 6 heteroatoms. The number of aromatic nitrogens is 2. The molecule has 1 aromatic carbocycles. The van der Waals surface area contributed by atoms with Gasteiger partial charge in [-0.25, -0.2) is 0 Å². The van der Waals surface area contributed by atoms with E-state index in [0.29, 0.717) is 28.7 Å². The Morgan fingerprint density at radius 1 is 1.27 bits per heavy atom. The van der Waals surface area contributed by atoms with Gasteiger partial charge in [-0.2, -0.15) is 5.10 Å². The molecular formula is C16H21Cl2N3O. The van der Waals surface area contributed by atoms with Crippen LogP contribution in [-0.4, -0.2) is 21.4 Å². The Bertz CT molecular complexity index is 614. The molecule has 0 saturated carbocycles. The molecule has 0 fully saturated rings. The van der Waals surface area contributed by atoms with Gasteiger partial charge in [0.25, 0.3) is 0 Å². The summed E-state index contributed by atoms with van der Waals surface area (Å²) in [6.07, 6.45) is 3.08. The zero-order valence-corrected chi connectivity index (χ0v) is 14.5. The number of nitrogens with zero attached hydrogens (tertiary/aromatic N) is 2. The van der Waals surface area contributed by atoms with E-state index in [1.54, 1.807) is 18.2 Å². The highest BCUT2D eigenvalue weighted by atomic mass is 35.5. The lowest BCUT2D eigenvalue weighted by Crippen LogP contribution is -2.23. The third-order valence-electron chi connectivity index (χ3n) is 3.32. The molecule has 0 bridgehead atoms. The Morgan fingerprint density at radius 3 is 2.45 bits per heavy atom. The Hall–Kier alpha value is -1.07. The molecule has 1 unspecified atom stereocenters. The van der Waals surface area contributed by atoms with E-state index in [1.165, 1.54) is 0 Å². The summed E-state index contributed by atoms with van der Waals surface area (Å²) in [5.41, 5.74) is 1.58.